The van der Waals surface area contributed by atoms with Gasteiger partial charge in [-0.1, -0.05) is 40.5 Å². The molecule has 0 radical (unpaired) electrons. The van der Waals surface area contributed by atoms with Gasteiger partial charge in [0.15, 0.2) is 0 Å². The Morgan fingerprint density at radius 3 is 2.30 bits per heavy atom. The van der Waals surface area contributed by atoms with Crippen molar-refractivity contribution in [1.82, 2.24) is 4.90 Å². The predicted molar refractivity (Wildman–Crippen MR) is 79.2 cm³/mol. The van der Waals surface area contributed by atoms with Crippen molar-refractivity contribution >= 4 is 11.9 Å². The number of carbonyl (C=O) groups is 2. The number of nitrogens with zero attached hydrogens (tertiary/aromatic N) is 1. The van der Waals surface area contributed by atoms with Gasteiger partial charge in [-0.15, -0.1) is 0 Å². The smallest absolute Gasteiger partial charge is 0.310 e. The molecule has 0 aromatic heterocycles. The summed E-state index contributed by atoms with van der Waals surface area (Å²) in [5.41, 5.74) is 0. The molecule has 0 bridgehead atoms. The molecule has 1 aliphatic rings. The normalized spacial score (nSPS) is 24.3. The minimum absolute atomic E-state index is 0.0334. The highest BCUT2D eigenvalue weighted by molar-refractivity contribution is 5.79. The van der Waals surface area contributed by atoms with Gasteiger partial charge >= 0.3 is 5.97 Å². The van der Waals surface area contributed by atoms with Crippen LogP contribution in [-0.2, 0) is 14.3 Å². The Bertz CT molecular complexity index is 341. The van der Waals surface area contributed by atoms with Crippen LogP contribution in [0.2, 0.25) is 0 Å². The fourth-order valence-corrected chi connectivity index (χ4v) is 3.05. The topological polar surface area (TPSA) is 46.6 Å². The molecule has 3 atom stereocenters. The van der Waals surface area contributed by atoms with Gasteiger partial charge in [-0.25, -0.2) is 0 Å². The highest BCUT2D eigenvalue weighted by atomic mass is 16.5. The summed E-state index contributed by atoms with van der Waals surface area (Å²) in [6.45, 7) is 8.36. The second kappa shape index (κ2) is 7.65. The molecule has 1 aliphatic carbocycles. The molecular formula is C16H29NO3. The monoisotopic (exact) mass is 283 g/mol. The second-order valence-corrected chi connectivity index (χ2v) is 6.40. The lowest BCUT2D eigenvalue weighted by atomic mass is 9.84. The summed E-state index contributed by atoms with van der Waals surface area (Å²) in [5.74, 6) is 0.122. The van der Waals surface area contributed by atoms with Gasteiger partial charge in [-0.3, -0.25) is 9.59 Å². The van der Waals surface area contributed by atoms with Crippen LogP contribution in [0, 0.1) is 17.8 Å². The molecule has 0 aromatic rings. The van der Waals surface area contributed by atoms with E-state index in [1.165, 1.54) is 26.4 Å². The lowest BCUT2D eigenvalue weighted by Crippen LogP contribution is -2.49. The number of ether oxygens (including phenoxy) is 1. The van der Waals surface area contributed by atoms with E-state index in [1.54, 1.807) is 0 Å². The average Bonchev–Trinajstić information content (AvgIpc) is 2.43. The molecule has 1 rings (SSSR count). The fraction of sp³-hybridized carbons (Fsp3) is 0.875. The quantitative estimate of drug-likeness (QED) is 0.729. The molecule has 0 heterocycles. The third-order valence-electron chi connectivity index (χ3n) is 4.32. The van der Waals surface area contributed by atoms with Crippen LogP contribution in [0.5, 0.6) is 0 Å². The van der Waals surface area contributed by atoms with E-state index in [0.29, 0.717) is 12.5 Å². The van der Waals surface area contributed by atoms with Gasteiger partial charge in [-0.2, -0.15) is 0 Å². The minimum atomic E-state index is -0.267. The zero-order valence-electron chi connectivity index (χ0n) is 13.5. The first-order valence-corrected chi connectivity index (χ1v) is 7.76. The highest BCUT2D eigenvalue weighted by Crippen LogP contribution is 2.29. The first-order valence-electron chi connectivity index (χ1n) is 7.76. The lowest BCUT2D eigenvalue weighted by Gasteiger charge is -2.40. The molecule has 3 unspecified atom stereocenters. The molecule has 0 aliphatic heterocycles. The first kappa shape index (κ1) is 17.0. The largest absolute Gasteiger partial charge is 0.469 e. The molecule has 0 saturated heterocycles. The zero-order chi connectivity index (χ0) is 15.3. The van der Waals surface area contributed by atoms with Gasteiger partial charge in [-0.05, 0) is 18.8 Å². The summed E-state index contributed by atoms with van der Waals surface area (Å²) < 4.78 is 4.79. The van der Waals surface area contributed by atoms with E-state index in [4.69, 9.17) is 4.74 Å². The fourth-order valence-electron chi connectivity index (χ4n) is 3.05. The number of amides is 1. The standard InChI is InChI=1S/C16H29NO3/c1-11(2)15(18)17(10-13(4)16(19)20-5)14-9-7-6-8-12(14)3/h11-14H,6-10H2,1-5H3. The summed E-state index contributed by atoms with van der Waals surface area (Å²) in [6, 6.07) is 0.269. The van der Waals surface area contributed by atoms with Crippen molar-refractivity contribution in [3.05, 3.63) is 0 Å². The molecule has 0 aromatic carbocycles. The van der Waals surface area contributed by atoms with Crippen molar-refractivity contribution in [2.24, 2.45) is 17.8 Å². The Morgan fingerprint density at radius 1 is 1.20 bits per heavy atom. The van der Waals surface area contributed by atoms with Crippen molar-refractivity contribution in [3.63, 3.8) is 0 Å². The molecule has 1 fully saturated rings. The van der Waals surface area contributed by atoms with Crippen LogP contribution in [0.4, 0.5) is 0 Å². The lowest BCUT2D eigenvalue weighted by molar-refractivity contribution is -0.148. The summed E-state index contributed by atoms with van der Waals surface area (Å²) in [5, 5.41) is 0. The third-order valence-corrected chi connectivity index (χ3v) is 4.32. The van der Waals surface area contributed by atoms with Gasteiger partial charge in [0.2, 0.25) is 5.91 Å². The maximum absolute atomic E-state index is 12.5. The summed E-state index contributed by atoms with van der Waals surface area (Å²) in [6.07, 6.45) is 4.63. The molecule has 0 spiro atoms. The molecule has 20 heavy (non-hydrogen) atoms. The Hall–Kier alpha value is -1.06. The van der Waals surface area contributed by atoms with E-state index in [-0.39, 0.29) is 29.8 Å². The molecular weight excluding hydrogens is 254 g/mol. The van der Waals surface area contributed by atoms with E-state index in [1.807, 2.05) is 25.7 Å². The maximum atomic E-state index is 12.5. The van der Waals surface area contributed by atoms with Crippen LogP contribution in [0.25, 0.3) is 0 Å². The Labute approximate surface area is 122 Å². The van der Waals surface area contributed by atoms with Gasteiger partial charge in [0.25, 0.3) is 0 Å². The van der Waals surface area contributed by atoms with Gasteiger partial charge in [0, 0.05) is 18.5 Å². The van der Waals surface area contributed by atoms with Crippen molar-refractivity contribution < 1.29 is 14.3 Å². The number of carbonyl (C=O) groups excluding carboxylic acids is 2. The van der Waals surface area contributed by atoms with E-state index in [9.17, 15) is 9.59 Å². The molecule has 4 heteroatoms. The highest BCUT2D eigenvalue weighted by Gasteiger charge is 2.33. The Morgan fingerprint density at radius 2 is 1.80 bits per heavy atom. The molecule has 0 N–H and O–H groups in total. The number of hydrogen-bond acceptors (Lipinski definition) is 3. The van der Waals surface area contributed by atoms with Crippen molar-refractivity contribution in [2.75, 3.05) is 13.7 Å². The van der Waals surface area contributed by atoms with E-state index >= 15 is 0 Å². The van der Waals surface area contributed by atoms with Crippen LogP contribution < -0.4 is 0 Å². The van der Waals surface area contributed by atoms with Crippen LogP contribution in [0.1, 0.15) is 53.4 Å². The van der Waals surface area contributed by atoms with Crippen LogP contribution in [0.3, 0.4) is 0 Å². The van der Waals surface area contributed by atoms with E-state index < -0.39 is 0 Å². The van der Waals surface area contributed by atoms with Crippen molar-refractivity contribution in [3.8, 4) is 0 Å². The number of hydrogen-bond donors (Lipinski definition) is 0. The zero-order valence-corrected chi connectivity index (χ0v) is 13.5. The van der Waals surface area contributed by atoms with Gasteiger partial charge in [0.05, 0.1) is 13.0 Å². The van der Waals surface area contributed by atoms with Crippen molar-refractivity contribution in [2.45, 2.75) is 59.4 Å². The Kier molecular flexibility index (Phi) is 6.50. The second-order valence-electron chi connectivity index (χ2n) is 6.40. The summed E-state index contributed by atoms with van der Waals surface area (Å²) in [4.78, 5) is 26.1. The number of esters is 1. The average molecular weight is 283 g/mol. The van der Waals surface area contributed by atoms with Gasteiger partial charge in [0.1, 0.15) is 0 Å². The molecule has 1 amide bonds. The van der Waals surface area contributed by atoms with E-state index in [2.05, 4.69) is 6.92 Å². The predicted octanol–water partition coefficient (Wildman–Crippen LogP) is 2.86. The Balaban J connectivity index is 2.84. The van der Waals surface area contributed by atoms with Crippen LogP contribution in [-0.4, -0.2) is 36.5 Å². The number of rotatable bonds is 5. The SMILES string of the molecule is COC(=O)C(C)CN(C(=O)C(C)C)C1CCCCC1C. The molecule has 116 valence electrons. The van der Waals surface area contributed by atoms with Crippen LogP contribution in [0.15, 0.2) is 0 Å². The van der Waals surface area contributed by atoms with Crippen LogP contribution >= 0.6 is 0 Å². The van der Waals surface area contributed by atoms with Gasteiger partial charge < -0.3 is 9.64 Å². The van der Waals surface area contributed by atoms with Crippen molar-refractivity contribution in [1.29, 1.82) is 0 Å². The first-order chi connectivity index (χ1) is 9.38. The van der Waals surface area contributed by atoms with E-state index in [0.717, 1.165) is 6.42 Å². The molecule has 1 saturated carbocycles. The summed E-state index contributed by atoms with van der Waals surface area (Å²) in [7, 11) is 1.40. The summed E-state index contributed by atoms with van der Waals surface area (Å²) >= 11 is 0. The third kappa shape index (κ3) is 4.22. The maximum Gasteiger partial charge on any atom is 0.310 e. The minimum Gasteiger partial charge on any atom is -0.469 e. The molecule has 4 nitrogen and oxygen atoms in total. The number of methoxy groups -OCH3 is 1.